The van der Waals surface area contributed by atoms with Crippen LogP contribution in [0.5, 0.6) is 0 Å². The number of piperidine rings is 1. The van der Waals surface area contributed by atoms with Gasteiger partial charge in [-0.3, -0.25) is 0 Å². The molecule has 0 unspecified atom stereocenters. The quantitative estimate of drug-likeness (QED) is 0.815. The maximum atomic E-state index is 3.47. The number of nitrogens with one attached hydrogen (secondary N) is 1. The molecule has 1 aliphatic heterocycles. The Hall–Kier alpha value is 0.210. The van der Waals surface area contributed by atoms with Crippen LogP contribution in [0.4, 0.5) is 0 Å². The summed E-state index contributed by atoms with van der Waals surface area (Å²) in [5.74, 6) is 3.10. The van der Waals surface area contributed by atoms with Crippen molar-refractivity contribution in [1.82, 2.24) is 10.2 Å². The van der Waals surface area contributed by atoms with Gasteiger partial charge in [0.15, 0.2) is 0 Å². The van der Waals surface area contributed by atoms with Gasteiger partial charge in [0.2, 0.25) is 0 Å². The van der Waals surface area contributed by atoms with E-state index >= 15 is 0 Å². The fraction of sp³-hybridized carbons (Fsp3) is 1.00. The molecular weight excluding hydrogens is 232 g/mol. The summed E-state index contributed by atoms with van der Waals surface area (Å²) in [6.07, 6.45) is 8.84. The summed E-state index contributed by atoms with van der Waals surface area (Å²) in [4.78, 5) is 2.73. The Balaban J connectivity index is 0.00000108. The van der Waals surface area contributed by atoms with Gasteiger partial charge in [-0.1, -0.05) is 0 Å². The van der Waals surface area contributed by atoms with Gasteiger partial charge >= 0.3 is 0 Å². The van der Waals surface area contributed by atoms with Crippen LogP contribution < -0.4 is 5.32 Å². The third-order valence-corrected chi connectivity index (χ3v) is 4.72. The lowest BCUT2D eigenvalue weighted by molar-refractivity contribution is 0.153. The molecule has 0 amide bonds. The maximum Gasteiger partial charge on any atom is 0.0149 e. The monoisotopic (exact) mass is 258 g/mol. The van der Waals surface area contributed by atoms with Crippen molar-refractivity contribution in [3.05, 3.63) is 0 Å². The summed E-state index contributed by atoms with van der Waals surface area (Å²) in [6, 6.07) is 0.954. The highest BCUT2D eigenvalue weighted by atomic mass is 35.5. The van der Waals surface area contributed by atoms with Gasteiger partial charge in [-0.2, -0.15) is 0 Å². The third-order valence-electron chi connectivity index (χ3n) is 4.72. The van der Waals surface area contributed by atoms with Crippen LogP contribution in [0.15, 0.2) is 0 Å². The highest BCUT2D eigenvalue weighted by molar-refractivity contribution is 5.85. The van der Waals surface area contributed by atoms with Gasteiger partial charge in [-0.15, -0.1) is 12.4 Å². The summed E-state index contributed by atoms with van der Waals surface area (Å²) in [6.45, 7) is 3.85. The van der Waals surface area contributed by atoms with Crippen molar-refractivity contribution >= 4 is 12.4 Å². The minimum Gasteiger partial charge on any atom is -0.317 e. The molecule has 2 aliphatic carbocycles. The molecular formula is C14H27ClN2. The molecule has 0 aromatic carbocycles. The zero-order valence-corrected chi connectivity index (χ0v) is 11.8. The zero-order chi connectivity index (χ0) is 11.0. The number of nitrogens with zero attached hydrogens (tertiary/aromatic N) is 1. The Morgan fingerprint density at radius 3 is 2.00 bits per heavy atom. The number of hydrogen-bond acceptors (Lipinski definition) is 2. The van der Waals surface area contributed by atoms with E-state index in [1.165, 1.54) is 58.2 Å². The molecule has 0 aromatic heterocycles. The fourth-order valence-electron chi connectivity index (χ4n) is 3.57. The van der Waals surface area contributed by atoms with Crippen LogP contribution in [0, 0.1) is 17.8 Å². The van der Waals surface area contributed by atoms with Crippen LogP contribution in [-0.2, 0) is 0 Å². The van der Waals surface area contributed by atoms with E-state index in [4.69, 9.17) is 0 Å². The van der Waals surface area contributed by atoms with Crippen LogP contribution in [0.1, 0.15) is 38.5 Å². The largest absolute Gasteiger partial charge is 0.317 e. The fourth-order valence-corrected chi connectivity index (χ4v) is 3.57. The van der Waals surface area contributed by atoms with Crippen molar-refractivity contribution in [3.63, 3.8) is 0 Å². The molecule has 17 heavy (non-hydrogen) atoms. The van der Waals surface area contributed by atoms with Crippen LogP contribution >= 0.6 is 12.4 Å². The van der Waals surface area contributed by atoms with Crippen molar-refractivity contribution in [2.75, 3.05) is 26.7 Å². The predicted octanol–water partition coefficient (Wildman–Crippen LogP) is 2.53. The van der Waals surface area contributed by atoms with Crippen molar-refractivity contribution in [3.8, 4) is 0 Å². The highest BCUT2D eigenvalue weighted by Gasteiger charge is 2.43. The first-order valence-corrected chi connectivity index (χ1v) is 7.25. The van der Waals surface area contributed by atoms with E-state index in [9.17, 15) is 0 Å². The van der Waals surface area contributed by atoms with E-state index < -0.39 is 0 Å². The maximum absolute atomic E-state index is 3.47. The smallest absolute Gasteiger partial charge is 0.0149 e. The van der Waals surface area contributed by atoms with E-state index in [-0.39, 0.29) is 12.4 Å². The third kappa shape index (κ3) is 3.59. The van der Waals surface area contributed by atoms with E-state index in [1.807, 2.05) is 0 Å². The molecule has 0 spiro atoms. The lowest BCUT2D eigenvalue weighted by Gasteiger charge is -2.33. The highest BCUT2D eigenvalue weighted by Crippen LogP contribution is 2.47. The number of rotatable bonds is 5. The second kappa shape index (κ2) is 5.90. The van der Waals surface area contributed by atoms with E-state index in [1.54, 1.807) is 0 Å². The topological polar surface area (TPSA) is 15.3 Å². The van der Waals surface area contributed by atoms with Crippen LogP contribution in [0.25, 0.3) is 0 Å². The first-order valence-electron chi connectivity index (χ1n) is 7.25. The minimum atomic E-state index is 0. The van der Waals surface area contributed by atoms with Gasteiger partial charge in [-0.25, -0.2) is 0 Å². The van der Waals surface area contributed by atoms with Gasteiger partial charge < -0.3 is 10.2 Å². The van der Waals surface area contributed by atoms with Gasteiger partial charge in [0.1, 0.15) is 0 Å². The molecule has 3 heteroatoms. The van der Waals surface area contributed by atoms with Crippen molar-refractivity contribution in [2.24, 2.45) is 17.8 Å². The number of halogens is 1. The first-order chi connectivity index (χ1) is 7.84. The summed E-state index contributed by atoms with van der Waals surface area (Å²) in [7, 11) is 2.39. The van der Waals surface area contributed by atoms with Gasteiger partial charge in [0, 0.05) is 12.6 Å². The first kappa shape index (κ1) is 13.6. The van der Waals surface area contributed by atoms with Crippen molar-refractivity contribution in [1.29, 1.82) is 0 Å². The molecule has 0 bridgehead atoms. The Morgan fingerprint density at radius 1 is 1.00 bits per heavy atom. The summed E-state index contributed by atoms with van der Waals surface area (Å²) < 4.78 is 0. The van der Waals surface area contributed by atoms with Gasteiger partial charge in [0.25, 0.3) is 0 Å². The molecule has 3 fully saturated rings. The van der Waals surface area contributed by atoms with Crippen LogP contribution in [0.2, 0.25) is 0 Å². The minimum absolute atomic E-state index is 0. The molecule has 1 N–H and O–H groups in total. The second-order valence-corrected chi connectivity index (χ2v) is 6.30. The van der Waals surface area contributed by atoms with Crippen molar-refractivity contribution in [2.45, 2.75) is 44.6 Å². The molecule has 3 aliphatic rings. The van der Waals surface area contributed by atoms with Gasteiger partial charge in [0.05, 0.1) is 0 Å². The SMILES string of the molecule is CN(CC1CCNCC1)C(C1CC1)C1CC1.Cl. The Kier molecular flexibility index (Phi) is 4.73. The molecule has 2 saturated carbocycles. The number of hydrogen-bond donors (Lipinski definition) is 1. The molecule has 3 rings (SSSR count). The molecule has 1 saturated heterocycles. The normalized spacial score (nSPS) is 26.3. The lowest BCUT2D eigenvalue weighted by Crippen LogP contribution is -2.41. The van der Waals surface area contributed by atoms with E-state index in [0.717, 1.165) is 23.8 Å². The van der Waals surface area contributed by atoms with Crippen LogP contribution in [0.3, 0.4) is 0 Å². The summed E-state index contributed by atoms with van der Waals surface area (Å²) >= 11 is 0. The standard InChI is InChI=1S/C14H26N2.ClH/c1-16(10-11-6-8-15-9-7-11)14(12-2-3-12)13-4-5-13;/h11-15H,2-10H2,1H3;1H. The van der Waals surface area contributed by atoms with Crippen molar-refractivity contribution < 1.29 is 0 Å². The van der Waals surface area contributed by atoms with E-state index in [0.29, 0.717) is 0 Å². The molecule has 0 aromatic rings. The average molecular weight is 259 g/mol. The van der Waals surface area contributed by atoms with Crippen LogP contribution in [-0.4, -0.2) is 37.6 Å². The molecule has 0 atom stereocenters. The molecule has 100 valence electrons. The zero-order valence-electron chi connectivity index (χ0n) is 11.0. The Morgan fingerprint density at radius 2 is 1.53 bits per heavy atom. The summed E-state index contributed by atoms with van der Waals surface area (Å²) in [5, 5.41) is 3.47. The van der Waals surface area contributed by atoms with Gasteiger partial charge in [-0.05, 0) is 76.4 Å². The Bertz CT molecular complexity index is 220. The lowest BCUT2D eigenvalue weighted by atomic mass is 9.96. The Labute approximate surface area is 112 Å². The molecule has 2 nitrogen and oxygen atoms in total. The molecule has 0 radical (unpaired) electrons. The second-order valence-electron chi connectivity index (χ2n) is 6.30. The summed E-state index contributed by atoms with van der Waals surface area (Å²) in [5.41, 5.74) is 0. The predicted molar refractivity (Wildman–Crippen MR) is 74.7 cm³/mol. The average Bonchev–Trinajstić information content (AvgIpc) is 3.13. The molecule has 1 heterocycles. The van der Waals surface area contributed by atoms with E-state index in [2.05, 4.69) is 17.3 Å².